The largest absolute Gasteiger partial charge is 0.334 e. The number of carbonyl (C=O) groups is 2. The Labute approximate surface area is 163 Å². The number of hydrogen-bond donors (Lipinski definition) is 0. The summed E-state index contributed by atoms with van der Waals surface area (Å²) in [7, 11) is 0. The summed E-state index contributed by atoms with van der Waals surface area (Å²) >= 11 is 12.1. The molecule has 0 atom stereocenters. The second kappa shape index (κ2) is 8.21. The zero-order valence-corrected chi connectivity index (χ0v) is 16.0. The molecule has 0 unspecified atom stereocenters. The zero-order chi connectivity index (χ0) is 18.7. The first-order chi connectivity index (χ1) is 12.5. The molecular formula is C20H20Cl2N2O2. The predicted octanol–water partition coefficient (Wildman–Crippen LogP) is 3.82. The van der Waals surface area contributed by atoms with Crippen LogP contribution in [-0.4, -0.2) is 47.7 Å². The van der Waals surface area contributed by atoms with E-state index in [2.05, 4.69) is 4.90 Å². The molecule has 0 bridgehead atoms. The normalized spacial score (nSPS) is 15.3. The molecule has 1 amide bonds. The Morgan fingerprint density at radius 2 is 1.23 bits per heavy atom. The molecule has 6 heteroatoms. The van der Waals surface area contributed by atoms with Crippen LogP contribution in [0.3, 0.4) is 0 Å². The van der Waals surface area contributed by atoms with Crippen LogP contribution in [0.15, 0.2) is 48.5 Å². The van der Waals surface area contributed by atoms with Gasteiger partial charge in [-0.1, -0.05) is 47.5 Å². The van der Waals surface area contributed by atoms with E-state index in [0.717, 1.165) is 11.1 Å². The zero-order valence-electron chi connectivity index (χ0n) is 14.5. The van der Waals surface area contributed by atoms with Gasteiger partial charge in [0, 0.05) is 43.1 Å². The van der Waals surface area contributed by atoms with Crippen molar-refractivity contribution >= 4 is 34.9 Å². The molecule has 0 spiro atoms. The van der Waals surface area contributed by atoms with Crippen molar-refractivity contribution in [3.05, 3.63) is 69.7 Å². The maximum Gasteiger partial charge on any atom is 0.289 e. The average Bonchev–Trinajstić information content (AvgIpc) is 2.65. The van der Waals surface area contributed by atoms with Gasteiger partial charge in [-0.2, -0.15) is 0 Å². The molecule has 2 aromatic carbocycles. The molecule has 1 heterocycles. The predicted molar refractivity (Wildman–Crippen MR) is 104 cm³/mol. The molecule has 3 rings (SSSR count). The van der Waals surface area contributed by atoms with Crippen molar-refractivity contribution in [3.63, 3.8) is 0 Å². The molecule has 1 aliphatic heterocycles. The summed E-state index contributed by atoms with van der Waals surface area (Å²) in [5.74, 6) is -0.815. The quantitative estimate of drug-likeness (QED) is 0.745. The summed E-state index contributed by atoms with van der Waals surface area (Å²) in [5.41, 5.74) is 2.26. The summed E-state index contributed by atoms with van der Waals surface area (Å²) in [5, 5.41) is 1.39. The Bertz CT molecular complexity index is 737. The number of hydrogen-bond acceptors (Lipinski definition) is 3. The Morgan fingerprint density at radius 3 is 1.62 bits per heavy atom. The van der Waals surface area contributed by atoms with Gasteiger partial charge in [-0.15, -0.1) is 0 Å². The standard InChI is InChI=1S/C20H20Cl2N2O2/c1-14(25)20(26)24-12-10-23(11-13-24)19(15-2-6-17(21)7-3-15)16-4-8-18(22)9-5-16/h2-9,19H,10-13H2,1H3. The highest BCUT2D eigenvalue weighted by Gasteiger charge is 2.29. The van der Waals surface area contributed by atoms with E-state index in [9.17, 15) is 9.59 Å². The van der Waals surface area contributed by atoms with E-state index in [0.29, 0.717) is 36.2 Å². The Morgan fingerprint density at radius 1 is 0.808 bits per heavy atom. The molecular weight excluding hydrogens is 371 g/mol. The third-order valence-corrected chi connectivity index (χ3v) is 5.14. The minimum absolute atomic E-state index is 0.0408. The molecule has 1 aliphatic rings. The number of carbonyl (C=O) groups excluding carboxylic acids is 2. The van der Waals surface area contributed by atoms with Gasteiger partial charge in [0.25, 0.3) is 5.91 Å². The first kappa shape index (κ1) is 18.9. The van der Waals surface area contributed by atoms with Crippen LogP contribution >= 0.6 is 23.2 Å². The number of nitrogens with zero attached hydrogens (tertiary/aromatic N) is 2. The third-order valence-electron chi connectivity index (χ3n) is 4.64. The van der Waals surface area contributed by atoms with E-state index >= 15 is 0 Å². The second-order valence-electron chi connectivity index (χ2n) is 6.39. The maximum absolute atomic E-state index is 11.9. The number of Topliss-reactive ketones (excluding diaryl/α,β-unsaturated/α-hetero) is 1. The van der Waals surface area contributed by atoms with Gasteiger partial charge >= 0.3 is 0 Å². The molecule has 136 valence electrons. The average molecular weight is 391 g/mol. The molecule has 0 aliphatic carbocycles. The number of halogens is 2. The highest BCUT2D eigenvalue weighted by Crippen LogP contribution is 2.31. The number of ketones is 1. The molecule has 26 heavy (non-hydrogen) atoms. The summed E-state index contributed by atoms with van der Waals surface area (Å²) in [6.45, 7) is 3.77. The molecule has 0 N–H and O–H groups in total. The highest BCUT2D eigenvalue weighted by molar-refractivity contribution is 6.35. The van der Waals surface area contributed by atoms with Crippen molar-refractivity contribution < 1.29 is 9.59 Å². The lowest BCUT2D eigenvalue weighted by atomic mass is 9.96. The van der Waals surface area contributed by atoms with E-state index in [4.69, 9.17) is 23.2 Å². The van der Waals surface area contributed by atoms with Crippen molar-refractivity contribution in [3.8, 4) is 0 Å². The SMILES string of the molecule is CC(=O)C(=O)N1CCN(C(c2ccc(Cl)cc2)c2ccc(Cl)cc2)CC1. The van der Waals surface area contributed by atoms with E-state index < -0.39 is 11.7 Å². The van der Waals surface area contributed by atoms with Gasteiger partial charge < -0.3 is 4.90 Å². The first-order valence-electron chi connectivity index (χ1n) is 8.50. The van der Waals surface area contributed by atoms with Gasteiger partial charge in [0.1, 0.15) is 0 Å². The number of benzene rings is 2. The van der Waals surface area contributed by atoms with Gasteiger partial charge in [-0.3, -0.25) is 14.5 Å². The fraction of sp³-hybridized carbons (Fsp3) is 0.300. The Kier molecular flexibility index (Phi) is 5.97. The van der Waals surface area contributed by atoms with Gasteiger partial charge in [0.05, 0.1) is 6.04 Å². The van der Waals surface area contributed by atoms with Crippen LogP contribution in [0, 0.1) is 0 Å². The minimum atomic E-state index is -0.412. The molecule has 0 radical (unpaired) electrons. The topological polar surface area (TPSA) is 40.6 Å². The summed E-state index contributed by atoms with van der Waals surface area (Å²) in [4.78, 5) is 27.2. The summed E-state index contributed by atoms with van der Waals surface area (Å²) in [6, 6.07) is 15.7. The summed E-state index contributed by atoms with van der Waals surface area (Å²) in [6.07, 6.45) is 0. The van der Waals surface area contributed by atoms with Gasteiger partial charge in [-0.25, -0.2) is 0 Å². The van der Waals surface area contributed by atoms with E-state index in [1.54, 1.807) is 4.90 Å². The molecule has 1 fully saturated rings. The van der Waals surface area contributed by atoms with Crippen LogP contribution in [0.1, 0.15) is 24.1 Å². The van der Waals surface area contributed by atoms with Crippen molar-refractivity contribution in [2.75, 3.05) is 26.2 Å². The van der Waals surface area contributed by atoms with Gasteiger partial charge in [0.2, 0.25) is 5.78 Å². The molecule has 0 aromatic heterocycles. The van der Waals surface area contributed by atoms with Gasteiger partial charge in [-0.05, 0) is 35.4 Å². The smallest absolute Gasteiger partial charge is 0.289 e. The van der Waals surface area contributed by atoms with Gasteiger partial charge in [0.15, 0.2) is 0 Å². The number of rotatable bonds is 4. The van der Waals surface area contributed by atoms with E-state index in [-0.39, 0.29) is 6.04 Å². The van der Waals surface area contributed by atoms with Crippen LogP contribution in [0.5, 0.6) is 0 Å². The van der Waals surface area contributed by atoms with Crippen molar-refractivity contribution in [1.29, 1.82) is 0 Å². The monoisotopic (exact) mass is 390 g/mol. The maximum atomic E-state index is 11.9. The van der Waals surface area contributed by atoms with Crippen LogP contribution in [0.2, 0.25) is 10.0 Å². The van der Waals surface area contributed by atoms with Crippen LogP contribution in [0.4, 0.5) is 0 Å². The number of amides is 1. The van der Waals surface area contributed by atoms with E-state index in [1.165, 1.54) is 6.92 Å². The van der Waals surface area contributed by atoms with Crippen molar-refractivity contribution in [1.82, 2.24) is 9.80 Å². The Hall–Kier alpha value is -1.88. The molecule has 2 aromatic rings. The first-order valence-corrected chi connectivity index (χ1v) is 9.26. The molecule has 4 nitrogen and oxygen atoms in total. The number of piperazine rings is 1. The van der Waals surface area contributed by atoms with Crippen molar-refractivity contribution in [2.24, 2.45) is 0 Å². The lowest BCUT2D eigenvalue weighted by molar-refractivity contribution is -0.144. The van der Waals surface area contributed by atoms with Crippen LogP contribution in [-0.2, 0) is 9.59 Å². The van der Waals surface area contributed by atoms with Crippen LogP contribution < -0.4 is 0 Å². The third kappa shape index (κ3) is 4.26. The second-order valence-corrected chi connectivity index (χ2v) is 7.26. The minimum Gasteiger partial charge on any atom is -0.334 e. The Balaban J connectivity index is 1.85. The molecule has 0 saturated carbocycles. The van der Waals surface area contributed by atoms with Crippen LogP contribution in [0.25, 0.3) is 0 Å². The highest BCUT2D eigenvalue weighted by atomic mass is 35.5. The fourth-order valence-electron chi connectivity index (χ4n) is 3.31. The summed E-state index contributed by atoms with van der Waals surface area (Å²) < 4.78 is 0. The van der Waals surface area contributed by atoms with E-state index in [1.807, 2.05) is 48.5 Å². The molecule has 1 saturated heterocycles. The lowest BCUT2D eigenvalue weighted by Crippen LogP contribution is -2.51. The fourth-order valence-corrected chi connectivity index (χ4v) is 3.56. The van der Waals surface area contributed by atoms with Crippen molar-refractivity contribution in [2.45, 2.75) is 13.0 Å². The lowest BCUT2D eigenvalue weighted by Gasteiger charge is -2.39.